The summed E-state index contributed by atoms with van der Waals surface area (Å²) in [6.45, 7) is 3.70. The van der Waals surface area contributed by atoms with Crippen molar-refractivity contribution >= 4 is 11.6 Å². The van der Waals surface area contributed by atoms with Crippen molar-refractivity contribution in [3.63, 3.8) is 0 Å². The molecule has 0 saturated carbocycles. The minimum absolute atomic E-state index is 0.125. The van der Waals surface area contributed by atoms with E-state index in [0.29, 0.717) is 24.3 Å². The number of carbonyl (C=O) groups is 1. The highest BCUT2D eigenvalue weighted by Crippen LogP contribution is 2.18. The van der Waals surface area contributed by atoms with Gasteiger partial charge in [0, 0.05) is 12.0 Å². The molecule has 0 aliphatic rings. The first-order valence-electron chi connectivity index (χ1n) is 7.88. The minimum atomic E-state index is -0.125. The third kappa shape index (κ3) is 4.41. The summed E-state index contributed by atoms with van der Waals surface area (Å²) in [6, 6.07) is 9.47. The third-order valence-electron chi connectivity index (χ3n) is 3.65. The lowest BCUT2D eigenvalue weighted by atomic mass is 10.1. The molecule has 0 bridgehead atoms. The Morgan fingerprint density at radius 2 is 1.88 bits per heavy atom. The van der Waals surface area contributed by atoms with Crippen molar-refractivity contribution in [2.24, 2.45) is 0 Å². The van der Waals surface area contributed by atoms with E-state index in [0.717, 1.165) is 17.0 Å². The molecule has 3 rings (SSSR count). The van der Waals surface area contributed by atoms with Gasteiger partial charge in [0.1, 0.15) is 11.5 Å². The molecule has 1 N–H and O–H groups in total. The zero-order valence-electron chi connectivity index (χ0n) is 14.0. The van der Waals surface area contributed by atoms with Crippen LogP contribution in [0.25, 0.3) is 0 Å². The fourth-order valence-electron chi connectivity index (χ4n) is 2.35. The van der Waals surface area contributed by atoms with Gasteiger partial charge in [-0.3, -0.25) is 4.79 Å². The van der Waals surface area contributed by atoms with E-state index in [1.54, 1.807) is 0 Å². The van der Waals surface area contributed by atoms with Crippen molar-refractivity contribution in [3.05, 3.63) is 59.7 Å². The van der Waals surface area contributed by atoms with Crippen LogP contribution in [0.2, 0.25) is 0 Å². The summed E-state index contributed by atoms with van der Waals surface area (Å²) >= 11 is 0. The van der Waals surface area contributed by atoms with Gasteiger partial charge in [-0.2, -0.15) is 0 Å². The second-order valence-electron chi connectivity index (χ2n) is 5.52. The lowest BCUT2D eigenvalue weighted by molar-refractivity contribution is -0.116. The molecule has 25 heavy (non-hydrogen) atoms. The number of carbonyl (C=O) groups excluding carboxylic acids is 1. The molecule has 0 aliphatic carbocycles. The Morgan fingerprint density at radius 1 is 1.16 bits per heavy atom. The van der Waals surface area contributed by atoms with E-state index in [2.05, 4.69) is 20.4 Å². The van der Waals surface area contributed by atoms with Gasteiger partial charge in [0.05, 0.1) is 23.8 Å². The van der Waals surface area contributed by atoms with Crippen LogP contribution in [0, 0.1) is 13.8 Å². The number of aromatic nitrogens is 3. The first-order chi connectivity index (χ1) is 12.1. The normalized spacial score (nSPS) is 10.5. The maximum atomic E-state index is 12.1. The fourth-order valence-corrected chi connectivity index (χ4v) is 2.35. The van der Waals surface area contributed by atoms with Gasteiger partial charge >= 0.3 is 6.01 Å². The summed E-state index contributed by atoms with van der Waals surface area (Å²) in [4.78, 5) is 20.2. The van der Waals surface area contributed by atoms with Crippen LogP contribution in [0.4, 0.5) is 5.69 Å². The Hall–Kier alpha value is -3.22. The van der Waals surface area contributed by atoms with E-state index < -0.39 is 0 Å². The minimum Gasteiger partial charge on any atom is -0.424 e. The van der Waals surface area contributed by atoms with Crippen LogP contribution < -0.4 is 10.1 Å². The van der Waals surface area contributed by atoms with Crippen molar-refractivity contribution in [2.45, 2.75) is 26.7 Å². The monoisotopic (exact) mass is 338 g/mol. The molecule has 7 nitrogen and oxygen atoms in total. The molecular formula is C18H18N4O3. The molecule has 0 fully saturated rings. The summed E-state index contributed by atoms with van der Waals surface area (Å²) in [5.74, 6) is 1.27. The average molecular weight is 338 g/mol. The van der Waals surface area contributed by atoms with Crippen LogP contribution in [-0.2, 0) is 11.2 Å². The van der Waals surface area contributed by atoms with Gasteiger partial charge < -0.3 is 14.6 Å². The predicted octanol–water partition coefficient (Wildman–Crippen LogP) is 3.45. The molecule has 1 amide bonds. The number of para-hydroxylation sites is 1. The Balaban J connectivity index is 1.53. The summed E-state index contributed by atoms with van der Waals surface area (Å²) in [5.41, 5.74) is 2.30. The largest absolute Gasteiger partial charge is 0.424 e. The van der Waals surface area contributed by atoms with Crippen LogP contribution in [0.5, 0.6) is 11.8 Å². The Bertz CT molecular complexity index is 825. The van der Waals surface area contributed by atoms with Crippen LogP contribution in [0.3, 0.4) is 0 Å². The number of hydrogen-bond donors (Lipinski definition) is 1. The van der Waals surface area contributed by atoms with Gasteiger partial charge in [-0.15, -0.1) is 0 Å². The van der Waals surface area contributed by atoms with E-state index in [-0.39, 0.29) is 11.9 Å². The lowest BCUT2D eigenvalue weighted by Gasteiger charge is -2.06. The van der Waals surface area contributed by atoms with Gasteiger partial charge in [0.15, 0.2) is 0 Å². The van der Waals surface area contributed by atoms with Gasteiger partial charge in [-0.1, -0.05) is 23.4 Å². The Kier molecular flexibility index (Phi) is 5.03. The van der Waals surface area contributed by atoms with Crippen molar-refractivity contribution in [2.75, 3.05) is 5.32 Å². The molecule has 3 aromatic rings. The number of nitrogens with one attached hydrogen (secondary N) is 1. The van der Waals surface area contributed by atoms with E-state index in [1.807, 2.05) is 44.2 Å². The van der Waals surface area contributed by atoms with Crippen molar-refractivity contribution in [1.82, 2.24) is 15.1 Å². The van der Waals surface area contributed by atoms with E-state index in [9.17, 15) is 4.79 Å². The van der Waals surface area contributed by atoms with E-state index >= 15 is 0 Å². The molecule has 2 heterocycles. The summed E-state index contributed by atoms with van der Waals surface area (Å²) < 4.78 is 10.6. The molecule has 0 aliphatic heterocycles. The molecule has 0 unspecified atom stereocenters. The summed E-state index contributed by atoms with van der Waals surface area (Å²) in [5, 5.41) is 6.65. The molecule has 1 aromatic carbocycles. The second-order valence-corrected chi connectivity index (χ2v) is 5.52. The van der Waals surface area contributed by atoms with Gasteiger partial charge in [0.25, 0.3) is 0 Å². The van der Waals surface area contributed by atoms with Crippen LogP contribution in [0.1, 0.15) is 23.4 Å². The predicted molar refractivity (Wildman–Crippen MR) is 91.5 cm³/mol. The quantitative estimate of drug-likeness (QED) is 0.740. The number of aryl methyl sites for hydroxylation is 2. The van der Waals surface area contributed by atoms with Crippen molar-refractivity contribution in [1.29, 1.82) is 0 Å². The highest BCUT2D eigenvalue weighted by atomic mass is 16.5. The van der Waals surface area contributed by atoms with E-state index in [1.165, 1.54) is 12.4 Å². The van der Waals surface area contributed by atoms with Gasteiger partial charge in [0.2, 0.25) is 5.91 Å². The van der Waals surface area contributed by atoms with Crippen LogP contribution in [0.15, 0.2) is 47.2 Å². The average Bonchev–Trinajstić information content (AvgIpc) is 2.94. The first kappa shape index (κ1) is 16.6. The summed E-state index contributed by atoms with van der Waals surface area (Å²) in [6.07, 6.45) is 3.92. The fraction of sp³-hybridized carbons (Fsp3) is 0.222. The molecule has 128 valence electrons. The maximum Gasteiger partial charge on any atom is 0.322 e. The number of amides is 1. The second kappa shape index (κ2) is 7.57. The van der Waals surface area contributed by atoms with Crippen molar-refractivity contribution < 1.29 is 14.1 Å². The summed E-state index contributed by atoms with van der Waals surface area (Å²) in [7, 11) is 0. The Labute approximate surface area is 145 Å². The molecule has 7 heteroatoms. The van der Waals surface area contributed by atoms with Gasteiger partial charge in [-0.05, 0) is 32.4 Å². The third-order valence-corrected chi connectivity index (χ3v) is 3.65. The van der Waals surface area contributed by atoms with Gasteiger partial charge in [-0.25, -0.2) is 9.97 Å². The smallest absolute Gasteiger partial charge is 0.322 e. The zero-order chi connectivity index (χ0) is 17.6. The zero-order valence-corrected chi connectivity index (χ0v) is 14.0. The molecular weight excluding hydrogens is 320 g/mol. The maximum absolute atomic E-state index is 12.1. The number of ether oxygens (including phenoxy) is 1. The molecule has 0 radical (unpaired) electrons. The molecule has 2 aromatic heterocycles. The van der Waals surface area contributed by atoms with Crippen molar-refractivity contribution in [3.8, 4) is 11.8 Å². The standard InChI is InChI=1S/C18H18N4O3/c1-12-16(13(2)25-22-12)8-9-17(23)21-14-10-19-18(20-11-14)24-15-6-4-3-5-7-15/h3-7,10-11H,8-9H2,1-2H3,(H,21,23). The highest BCUT2D eigenvalue weighted by molar-refractivity contribution is 5.90. The Morgan fingerprint density at radius 3 is 2.52 bits per heavy atom. The number of rotatable bonds is 6. The number of benzene rings is 1. The molecule has 0 saturated heterocycles. The van der Waals surface area contributed by atoms with E-state index in [4.69, 9.17) is 9.26 Å². The highest BCUT2D eigenvalue weighted by Gasteiger charge is 2.11. The number of hydrogen-bond acceptors (Lipinski definition) is 6. The molecule has 0 spiro atoms. The first-order valence-corrected chi connectivity index (χ1v) is 7.88. The molecule has 0 atom stereocenters. The van der Waals surface area contributed by atoms with Crippen LogP contribution >= 0.6 is 0 Å². The topological polar surface area (TPSA) is 90.1 Å². The number of anilines is 1. The lowest BCUT2D eigenvalue weighted by Crippen LogP contribution is -2.13. The van der Waals surface area contributed by atoms with Crippen LogP contribution in [-0.4, -0.2) is 21.0 Å². The SMILES string of the molecule is Cc1noc(C)c1CCC(=O)Nc1cnc(Oc2ccccc2)nc1. The number of nitrogens with zero attached hydrogens (tertiary/aromatic N) is 3.